The normalized spacial score (nSPS) is 14.1. The van der Waals surface area contributed by atoms with Crippen molar-refractivity contribution in [2.24, 2.45) is 5.92 Å². The summed E-state index contributed by atoms with van der Waals surface area (Å²) < 4.78 is 2.30. The van der Waals surface area contributed by atoms with Crippen molar-refractivity contribution in [2.45, 2.75) is 24.7 Å². The second-order valence-corrected chi connectivity index (χ2v) is 11.2. The highest BCUT2D eigenvalue weighted by atomic mass is 79.9. The number of amides is 1. The number of nitrogen functional groups attached to an aromatic ring is 1. The van der Waals surface area contributed by atoms with E-state index in [1.165, 1.54) is 21.7 Å². The number of hydrogen-bond acceptors (Lipinski definition) is 4. The summed E-state index contributed by atoms with van der Waals surface area (Å²) in [6.07, 6.45) is 2.01. The molecule has 2 aromatic carbocycles. The average molecular weight is 704 g/mol. The van der Waals surface area contributed by atoms with E-state index in [4.69, 9.17) is 17.3 Å². The minimum Gasteiger partial charge on any atom is -0.384 e. The lowest BCUT2D eigenvalue weighted by molar-refractivity contribution is 0.0933. The van der Waals surface area contributed by atoms with Gasteiger partial charge in [0.05, 0.1) is 5.02 Å². The standard InChI is InChI=1S/C19H22BrClN4O2.C7H6Br2/c20-15-4-2-1-3-13(15)11-25-7-5-12(6-8-25)10-23-18(26)14-9-16(21)17(22)24-19(14)27;8-5-6-3-1-2-4-7(6)9/h1-4,9,12H,5-8,10-11H2,(H,23,26)(H3,22,24,27);1-4H,5H2. The topological polar surface area (TPSA) is 91.2 Å². The number of benzene rings is 2. The number of piperidine rings is 1. The number of hydrogen-bond donors (Lipinski definition) is 3. The number of nitrogens with two attached hydrogens (primary N) is 1. The maximum Gasteiger partial charge on any atom is 0.262 e. The first-order valence-electron chi connectivity index (χ1n) is 11.5. The fourth-order valence-electron chi connectivity index (χ4n) is 3.84. The van der Waals surface area contributed by atoms with Gasteiger partial charge in [-0.15, -0.1) is 0 Å². The van der Waals surface area contributed by atoms with Crippen LogP contribution in [-0.2, 0) is 11.9 Å². The zero-order valence-corrected chi connectivity index (χ0v) is 25.1. The number of aromatic amines is 1. The Labute approximate surface area is 241 Å². The molecule has 0 saturated carbocycles. The monoisotopic (exact) mass is 700 g/mol. The lowest BCUT2D eigenvalue weighted by Gasteiger charge is -2.32. The third-order valence-corrected chi connectivity index (χ3v) is 8.44. The molecule has 1 saturated heterocycles. The highest BCUT2D eigenvalue weighted by Crippen LogP contribution is 2.22. The van der Waals surface area contributed by atoms with Gasteiger partial charge in [-0.25, -0.2) is 0 Å². The van der Waals surface area contributed by atoms with Crippen molar-refractivity contribution in [1.82, 2.24) is 15.2 Å². The van der Waals surface area contributed by atoms with Crippen LogP contribution in [0.25, 0.3) is 0 Å². The van der Waals surface area contributed by atoms with Gasteiger partial charge in [0, 0.05) is 27.4 Å². The Bertz CT molecular complexity index is 1230. The number of halogens is 4. The van der Waals surface area contributed by atoms with Gasteiger partial charge >= 0.3 is 0 Å². The van der Waals surface area contributed by atoms with Crippen LogP contribution in [0.15, 0.2) is 68.3 Å². The number of nitrogens with one attached hydrogen (secondary N) is 2. The fraction of sp³-hybridized carbons (Fsp3) is 0.308. The maximum absolute atomic E-state index is 12.3. The van der Waals surface area contributed by atoms with Crippen molar-refractivity contribution in [1.29, 1.82) is 0 Å². The summed E-state index contributed by atoms with van der Waals surface area (Å²) in [6, 6.07) is 17.7. The average Bonchev–Trinajstić information content (AvgIpc) is 2.87. The zero-order valence-electron chi connectivity index (χ0n) is 19.6. The molecule has 1 aliphatic heterocycles. The molecule has 3 aromatic rings. The van der Waals surface area contributed by atoms with E-state index >= 15 is 0 Å². The van der Waals surface area contributed by atoms with Crippen molar-refractivity contribution in [3.05, 3.63) is 95.6 Å². The van der Waals surface area contributed by atoms with Gasteiger partial charge in [0.25, 0.3) is 11.5 Å². The van der Waals surface area contributed by atoms with E-state index in [2.05, 4.69) is 81.2 Å². The van der Waals surface area contributed by atoms with Gasteiger partial charge in [0.15, 0.2) is 0 Å². The third-order valence-electron chi connectivity index (χ3n) is 5.98. The summed E-state index contributed by atoms with van der Waals surface area (Å²) in [4.78, 5) is 28.9. The fourth-order valence-corrected chi connectivity index (χ4v) is 5.70. The van der Waals surface area contributed by atoms with Gasteiger partial charge in [-0.05, 0) is 61.2 Å². The number of pyridine rings is 1. The Balaban J connectivity index is 0.000000338. The van der Waals surface area contributed by atoms with Crippen molar-refractivity contribution >= 4 is 71.1 Å². The Morgan fingerprint density at radius 3 is 2.19 bits per heavy atom. The minimum absolute atomic E-state index is 0.0134. The number of aromatic nitrogens is 1. The van der Waals surface area contributed by atoms with Crippen molar-refractivity contribution < 1.29 is 4.79 Å². The van der Waals surface area contributed by atoms with E-state index in [0.29, 0.717) is 12.5 Å². The number of carbonyl (C=O) groups is 1. The third kappa shape index (κ3) is 8.45. The summed E-state index contributed by atoms with van der Waals surface area (Å²) in [5.41, 5.74) is 7.56. The van der Waals surface area contributed by atoms with Gasteiger partial charge in [0.1, 0.15) is 11.4 Å². The molecule has 1 fully saturated rings. The zero-order chi connectivity index (χ0) is 26.1. The Kier molecular flexibility index (Phi) is 11.5. The first kappa shape index (κ1) is 28.9. The molecule has 0 bridgehead atoms. The molecule has 1 amide bonds. The first-order chi connectivity index (χ1) is 17.3. The lowest BCUT2D eigenvalue weighted by Crippen LogP contribution is -2.39. The van der Waals surface area contributed by atoms with Crippen LogP contribution in [0.5, 0.6) is 0 Å². The van der Waals surface area contributed by atoms with Crippen LogP contribution in [0.2, 0.25) is 5.02 Å². The van der Waals surface area contributed by atoms with Gasteiger partial charge in [-0.2, -0.15) is 0 Å². The number of H-pyrrole nitrogens is 1. The van der Waals surface area contributed by atoms with E-state index in [-0.39, 0.29) is 16.4 Å². The van der Waals surface area contributed by atoms with E-state index in [0.717, 1.165) is 42.3 Å². The van der Waals surface area contributed by atoms with Crippen molar-refractivity contribution in [3.8, 4) is 0 Å². The number of likely N-dealkylation sites (tertiary alicyclic amines) is 1. The molecule has 0 aliphatic carbocycles. The number of nitrogens with zero attached hydrogens (tertiary/aromatic N) is 1. The smallest absolute Gasteiger partial charge is 0.262 e. The summed E-state index contributed by atoms with van der Waals surface area (Å²) >= 11 is 16.3. The van der Waals surface area contributed by atoms with Crippen molar-refractivity contribution in [2.75, 3.05) is 25.4 Å². The second-order valence-electron chi connectivity index (χ2n) is 8.52. The molecule has 2 heterocycles. The largest absolute Gasteiger partial charge is 0.384 e. The summed E-state index contributed by atoms with van der Waals surface area (Å²) in [6.45, 7) is 3.43. The molecule has 1 aliphatic rings. The second kappa shape index (κ2) is 14.3. The molecule has 1 aromatic heterocycles. The van der Waals surface area contributed by atoms with Crippen LogP contribution in [0, 0.1) is 5.92 Å². The minimum atomic E-state index is -0.530. The number of rotatable bonds is 6. The Hall–Kier alpha value is -1.65. The molecule has 0 spiro atoms. The van der Waals surface area contributed by atoms with Gasteiger partial charge < -0.3 is 16.0 Å². The molecule has 0 atom stereocenters. The van der Waals surface area contributed by atoms with Gasteiger partial charge in [-0.3, -0.25) is 14.5 Å². The number of anilines is 1. The summed E-state index contributed by atoms with van der Waals surface area (Å²) in [7, 11) is 0. The van der Waals surface area contributed by atoms with E-state index in [1.54, 1.807) is 0 Å². The van der Waals surface area contributed by atoms with Crippen LogP contribution in [0.1, 0.15) is 34.3 Å². The number of carbonyl (C=O) groups excluding carboxylic acids is 1. The first-order valence-corrected chi connectivity index (χ1v) is 14.6. The molecule has 36 heavy (non-hydrogen) atoms. The molecule has 0 unspecified atom stereocenters. The molecular weight excluding hydrogens is 675 g/mol. The predicted octanol–water partition coefficient (Wildman–Crippen LogP) is 6.36. The molecule has 4 N–H and O–H groups in total. The van der Waals surface area contributed by atoms with E-state index in [1.807, 2.05) is 30.3 Å². The highest BCUT2D eigenvalue weighted by Gasteiger charge is 2.21. The summed E-state index contributed by atoms with van der Waals surface area (Å²) in [5, 5.41) is 3.92. The maximum atomic E-state index is 12.3. The Morgan fingerprint density at radius 1 is 1.06 bits per heavy atom. The highest BCUT2D eigenvalue weighted by molar-refractivity contribution is 9.11. The molecule has 10 heteroatoms. The van der Waals surface area contributed by atoms with Gasteiger partial charge in [-0.1, -0.05) is 95.8 Å². The van der Waals surface area contributed by atoms with E-state index < -0.39 is 11.5 Å². The van der Waals surface area contributed by atoms with Crippen LogP contribution >= 0.6 is 59.4 Å². The van der Waals surface area contributed by atoms with Crippen LogP contribution in [0.3, 0.4) is 0 Å². The molecule has 4 rings (SSSR count). The number of alkyl halides is 1. The quantitative estimate of drug-likeness (QED) is 0.261. The molecular formula is C26H28Br3ClN4O2. The Morgan fingerprint density at radius 2 is 1.64 bits per heavy atom. The van der Waals surface area contributed by atoms with Crippen LogP contribution in [0.4, 0.5) is 5.82 Å². The molecule has 6 nitrogen and oxygen atoms in total. The lowest BCUT2D eigenvalue weighted by atomic mass is 9.96. The SMILES string of the molecule is BrCc1ccccc1Br.Nc1[nH]c(=O)c(C(=O)NCC2CCN(Cc3ccccc3Br)CC2)cc1Cl. The van der Waals surface area contributed by atoms with E-state index in [9.17, 15) is 9.59 Å². The van der Waals surface area contributed by atoms with Crippen LogP contribution in [-0.4, -0.2) is 35.4 Å². The predicted molar refractivity (Wildman–Crippen MR) is 158 cm³/mol. The van der Waals surface area contributed by atoms with Crippen molar-refractivity contribution in [3.63, 3.8) is 0 Å². The summed E-state index contributed by atoms with van der Waals surface area (Å²) in [5.74, 6) is 0.0391. The van der Waals surface area contributed by atoms with Crippen LogP contribution < -0.4 is 16.6 Å². The molecule has 0 radical (unpaired) electrons. The molecule has 192 valence electrons. The van der Waals surface area contributed by atoms with Gasteiger partial charge in [0.2, 0.25) is 0 Å².